The molecular weight excluding hydrogens is 340 g/mol. The van der Waals surface area contributed by atoms with Crippen LogP contribution in [0.25, 0.3) is 21.3 Å². The monoisotopic (exact) mass is 364 g/mol. The molecule has 0 unspecified atom stereocenters. The molecule has 0 bridgehead atoms. The summed E-state index contributed by atoms with van der Waals surface area (Å²) < 4.78 is 0. The number of rotatable bonds is 2. The van der Waals surface area contributed by atoms with Crippen molar-refractivity contribution in [3.63, 3.8) is 0 Å². The number of piperazine rings is 1. The summed E-state index contributed by atoms with van der Waals surface area (Å²) in [5.41, 5.74) is 5.75. The second-order valence-electron chi connectivity index (χ2n) is 7.34. The molecule has 1 aliphatic carbocycles. The van der Waals surface area contributed by atoms with Gasteiger partial charge in [0.15, 0.2) is 0 Å². The van der Waals surface area contributed by atoms with Crippen LogP contribution < -0.4 is 10.2 Å². The Labute approximate surface area is 158 Å². The molecule has 1 N–H and O–H groups in total. The van der Waals surface area contributed by atoms with Crippen LogP contribution >= 0.6 is 11.3 Å². The molecule has 5 rings (SSSR count). The summed E-state index contributed by atoms with van der Waals surface area (Å²) in [6, 6.07) is 7.09. The van der Waals surface area contributed by atoms with E-state index in [0.717, 1.165) is 36.8 Å². The van der Waals surface area contributed by atoms with Crippen LogP contribution in [0.2, 0.25) is 0 Å². The molecule has 4 nitrogen and oxygen atoms in total. The molecule has 0 spiro atoms. The molecule has 2 aliphatic rings. The fraction of sp³-hybridized carbons (Fsp3) is 0.429. The zero-order valence-corrected chi connectivity index (χ0v) is 16.0. The minimum Gasteiger partial charge on any atom is -0.353 e. The standard InChI is InChI=1S/C21H24N4S/c1-14-18(17-7-6-15-4-2-3-5-16(15)12-17)19-20(23-13-24-21(19)26-14)25-10-8-22-9-11-25/h6-7,12-13,22H,2-5,8-11H2,1H3. The van der Waals surface area contributed by atoms with Gasteiger partial charge < -0.3 is 10.2 Å². The summed E-state index contributed by atoms with van der Waals surface area (Å²) in [5.74, 6) is 1.11. The Morgan fingerprint density at radius 2 is 1.85 bits per heavy atom. The lowest BCUT2D eigenvalue weighted by atomic mass is 9.89. The molecule has 3 aromatic rings. The van der Waals surface area contributed by atoms with Gasteiger partial charge in [-0.3, -0.25) is 0 Å². The van der Waals surface area contributed by atoms with Crippen molar-refractivity contribution in [2.75, 3.05) is 31.1 Å². The lowest BCUT2D eigenvalue weighted by molar-refractivity contribution is 0.586. The van der Waals surface area contributed by atoms with Gasteiger partial charge in [-0.15, -0.1) is 11.3 Å². The summed E-state index contributed by atoms with van der Waals surface area (Å²) in [6.07, 6.45) is 6.81. The fourth-order valence-corrected chi connectivity index (χ4v) is 5.39. The Kier molecular flexibility index (Phi) is 4.14. The van der Waals surface area contributed by atoms with Crippen molar-refractivity contribution >= 4 is 27.4 Å². The van der Waals surface area contributed by atoms with E-state index in [9.17, 15) is 0 Å². The third-order valence-electron chi connectivity index (χ3n) is 5.70. The molecular formula is C21H24N4S. The van der Waals surface area contributed by atoms with Crippen LogP contribution in [0.4, 0.5) is 5.82 Å². The number of thiophene rings is 1. The number of hydrogen-bond acceptors (Lipinski definition) is 5. The number of nitrogens with zero attached hydrogens (tertiary/aromatic N) is 3. The Hall–Kier alpha value is -1.98. The van der Waals surface area contributed by atoms with Gasteiger partial charge in [-0.2, -0.15) is 0 Å². The molecule has 1 aromatic carbocycles. The number of benzene rings is 1. The first-order valence-electron chi connectivity index (χ1n) is 9.63. The Morgan fingerprint density at radius 1 is 1.04 bits per heavy atom. The second kappa shape index (κ2) is 6.63. The Bertz CT molecular complexity index is 956. The molecule has 26 heavy (non-hydrogen) atoms. The summed E-state index contributed by atoms with van der Waals surface area (Å²) >= 11 is 1.80. The lowest BCUT2D eigenvalue weighted by Gasteiger charge is -2.29. The van der Waals surface area contributed by atoms with E-state index in [1.165, 1.54) is 58.2 Å². The van der Waals surface area contributed by atoms with E-state index in [0.29, 0.717) is 0 Å². The van der Waals surface area contributed by atoms with Crippen molar-refractivity contribution in [3.8, 4) is 11.1 Å². The molecule has 0 amide bonds. The van der Waals surface area contributed by atoms with Gasteiger partial charge in [0.05, 0.1) is 5.39 Å². The van der Waals surface area contributed by atoms with Gasteiger partial charge in [0, 0.05) is 36.6 Å². The van der Waals surface area contributed by atoms with E-state index in [2.05, 4.69) is 40.3 Å². The van der Waals surface area contributed by atoms with Crippen molar-refractivity contribution in [1.29, 1.82) is 0 Å². The summed E-state index contributed by atoms with van der Waals surface area (Å²) in [7, 11) is 0. The van der Waals surface area contributed by atoms with Crippen LogP contribution in [0.15, 0.2) is 24.5 Å². The highest BCUT2D eigenvalue weighted by molar-refractivity contribution is 7.19. The van der Waals surface area contributed by atoms with Gasteiger partial charge in [-0.25, -0.2) is 9.97 Å². The van der Waals surface area contributed by atoms with Gasteiger partial charge in [0.2, 0.25) is 0 Å². The molecule has 3 heterocycles. The van der Waals surface area contributed by atoms with E-state index in [-0.39, 0.29) is 0 Å². The molecule has 5 heteroatoms. The number of aromatic nitrogens is 2. The van der Waals surface area contributed by atoms with Gasteiger partial charge in [0.25, 0.3) is 0 Å². The SMILES string of the molecule is Cc1sc2ncnc(N3CCNCC3)c2c1-c1ccc2c(c1)CCCC2. The van der Waals surface area contributed by atoms with Crippen LogP contribution in [0.1, 0.15) is 28.8 Å². The van der Waals surface area contributed by atoms with Crippen molar-refractivity contribution in [1.82, 2.24) is 15.3 Å². The predicted octanol–water partition coefficient (Wildman–Crippen LogP) is 3.96. The zero-order chi connectivity index (χ0) is 17.5. The summed E-state index contributed by atoms with van der Waals surface area (Å²) in [5, 5.41) is 4.68. The predicted molar refractivity (Wildman–Crippen MR) is 109 cm³/mol. The number of nitrogens with one attached hydrogen (secondary N) is 1. The third-order valence-corrected chi connectivity index (χ3v) is 6.71. The quantitative estimate of drug-likeness (QED) is 0.747. The molecule has 134 valence electrons. The highest BCUT2D eigenvalue weighted by Gasteiger charge is 2.22. The van der Waals surface area contributed by atoms with Gasteiger partial charge in [0.1, 0.15) is 17.0 Å². The highest BCUT2D eigenvalue weighted by atomic mass is 32.1. The van der Waals surface area contributed by atoms with Crippen molar-refractivity contribution in [2.45, 2.75) is 32.6 Å². The first kappa shape index (κ1) is 16.2. The van der Waals surface area contributed by atoms with Crippen LogP contribution in [0.5, 0.6) is 0 Å². The lowest BCUT2D eigenvalue weighted by Crippen LogP contribution is -2.44. The van der Waals surface area contributed by atoms with Crippen LogP contribution in [-0.2, 0) is 12.8 Å². The molecule has 0 saturated carbocycles. The van der Waals surface area contributed by atoms with E-state index < -0.39 is 0 Å². The van der Waals surface area contributed by atoms with Crippen LogP contribution in [-0.4, -0.2) is 36.1 Å². The zero-order valence-electron chi connectivity index (χ0n) is 15.2. The molecule has 1 saturated heterocycles. The van der Waals surface area contributed by atoms with Crippen molar-refractivity contribution in [3.05, 3.63) is 40.5 Å². The normalized spacial score (nSPS) is 17.5. The maximum absolute atomic E-state index is 4.71. The van der Waals surface area contributed by atoms with E-state index >= 15 is 0 Å². The molecule has 1 aliphatic heterocycles. The molecule has 0 atom stereocenters. The number of anilines is 1. The maximum Gasteiger partial charge on any atom is 0.141 e. The first-order chi connectivity index (χ1) is 12.8. The third kappa shape index (κ3) is 2.70. The summed E-state index contributed by atoms with van der Waals surface area (Å²) in [6.45, 7) is 6.27. The average Bonchev–Trinajstić information content (AvgIpc) is 3.04. The van der Waals surface area contributed by atoms with Gasteiger partial charge in [-0.05, 0) is 49.3 Å². The van der Waals surface area contributed by atoms with Gasteiger partial charge in [-0.1, -0.05) is 18.2 Å². The minimum atomic E-state index is 1.00. The average molecular weight is 365 g/mol. The van der Waals surface area contributed by atoms with Crippen LogP contribution in [0.3, 0.4) is 0 Å². The minimum absolute atomic E-state index is 1.00. The Balaban J connectivity index is 1.69. The number of fused-ring (bicyclic) bond motifs is 2. The van der Waals surface area contributed by atoms with E-state index in [1.807, 2.05) is 0 Å². The van der Waals surface area contributed by atoms with E-state index in [1.54, 1.807) is 17.7 Å². The summed E-state index contributed by atoms with van der Waals surface area (Å²) in [4.78, 5) is 14.2. The number of aryl methyl sites for hydroxylation is 3. The number of hydrogen-bond donors (Lipinski definition) is 1. The first-order valence-corrected chi connectivity index (χ1v) is 10.4. The van der Waals surface area contributed by atoms with Crippen molar-refractivity contribution < 1.29 is 0 Å². The van der Waals surface area contributed by atoms with Crippen LogP contribution in [0, 0.1) is 6.92 Å². The molecule has 2 aromatic heterocycles. The van der Waals surface area contributed by atoms with E-state index in [4.69, 9.17) is 4.98 Å². The maximum atomic E-state index is 4.71. The fourth-order valence-electron chi connectivity index (χ4n) is 4.38. The Morgan fingerprint density at radius 3 is 2.69 bits per heavy atom. The molecule has 1 fully saturated rings. The topological polar surface area (TPSA) is 41.1 Å². The largest absolute Gasteiger partial charge is 0.353 e. The smallest absolute Gasteiger partial charge is 0.141 e. The highest BCUT2D eigenvalue weighted by Crippen LogP contribution is 2.42. The molecule has 0 radical (unpaired) electrons. The van der Waals surface area contributed by atoms with Crippen molar-refractivity contribution in [2.24, 2.45) is 0 Å². The second-order valence-corrected chi connectivity index (χ2v) is 8.54. The van der Waals surface area contributed by atoms with Gasteiger partial charge >= 0.3 is 0 Å².